The largest absolute Gasteiger partial charge is 0.469 e. The number of rotatable bonds is 11. The number of nitrogens with zero attached hydrogens (tertiary/aromatic N) is 1. The van der Waals surface area contributed by atoms with E-state index in [1.807, 2.05) is 6.07 Å². The van der Waals surface area contributed by atoms with Crippen molar-refractivity contribution in [2.45, 2.75) is 37.5 Å². The second kappa shape index (κ2) is 11.7. The van der Waals surface area contributed by atoms with Gasteiger partial charge in [0, 0.05) is 19.5 Å². The van der Waals surface area contributed by atoms with Gasteiger partial charge in [-0.2, -0.15) is 0 Å². The lowest BCUT2D eigenvalue weighted by atomic mass is 9.99. The first-order valence-electron chi connectivity index (χ1n) is 11.8. The molecule has 1 unspecified atom stereocenters. The maximum atomic E-state index is 13.6. The fraction of sp³-hybridized carbons (Fsp3) is 0.480. The molecule has 2 heterocycles. The third-order valence-corrected chi connectivity index (χ3v) is 8.92. The monoisotopic (exact) mass is 519 g/mol. The third kappa shape index (κ3) is 6.73. The number of sulfone groups is 1. The topological polar surface area (TPSA) is 149 Å². The average Bonchev–Trinajstić information content (AvgIpc) is 3.36. The lowest BCUT2D eigenvalue weighted by Gasteiger charge is -2.34. The molecule has 0 spiro atoms. The second-order valence-electron chi connectivity index (χ2n) is 9.33. The minimum atomic E-state index is -4.11. The molecule has 36 heavy (non-hydrogen) atoms. The van der Waals surface area contributed by atoms with E-state index in [0.717, 1.165) is 5.56 Å². The Balaban J connectivity index is 1.83. The number of nitrogens with two attached hydrogens (primary N) is 1. The van der Waals surface area contributed by atoms with Crippen molar-refractivity contribution in [3.8, 4) is 0 Å². The predicted octanol–water partition coefficient (Wildman–Crippen LogP) is 0.703. The summed E-state index contributed by atoms with van der Waals surface area (Å²) < 4.78 is 35.9. The van der Waals surface area contributed by atoms with E-state index in [-0.39, 0.29) is 12.8 Å². The van der Waals surface area contributed by atoms with Crippen LogP contribution in [0.25, 0.3) is 0 Å². The highest BCUT2D eigenvalue weighted by molar-refractivity contribution is 7.93. The number of furan rings is 1. The number of hydrogen-bond acceptors (Lipinski definition) is 7. The molecular weight excluding hydrogens is 486 g/mol. The van der Waals surface area contributed by atoms with Crippen molar-refractivity contribution >= 4 is 27.6 Å². The molecule has 0 saturated carbocycles. The van der Waals surface area contributed by atoms with E-state index in [1.54, 1.807) is 36.4 Å². The van der Waals surface area contributed by atoms with Gasteiger partial charge in [-0.25, -0.2) is 8.42 Å². The molecule has 1 aliphatic heterocycles. The first-order chi connectivity index (χ1) is 17.0. The molecule has 3 N–H and O–H groups in total. The fourth-order valence-electron chi connectivity index (χ4n) is 4.02. The lowest BCUT2D eigenvalue weighted by Crippen LogP contribution is -2.55. The van der Waals surface area contributed by atoms with Gasteiger partial charge in [0.2, 0.25) is 17.7 Å². The normalized spacial score (nSPS) is 16.2. The van der Waals surface area contributed by atoms with Crippen LogP contribution in [-0.4, -0.2) is 73.9 Å². The molecule has 0 aliphatic carbocycles. The number of ether oxygens (including phenoxy) is 1. The predicted molar refractivity (Wildman–Crippen MR) is 132 cm³/mol. The molecule has 3 amide bonds. The van der Waals surface area contributed by atoms with Crippen LogP contribution in [0.15, 0.2) is 53.1 Å². The molecule has 2 aromatic rings. The molecule has 0 radical (unpaired) electrons. The van der Waals surface area contributed by atoms with Gasteiger partial charge in [-0.3, -0.25) is 14.4 Å². The Morgan fingerprint density at radius 3 is 2.31 bits per heavy atom. The van der Waals surface area contributed by atoms with Crippen LogP contribution in [0.5, 0.6) is 0 Å². The van der Waals surface area contributed by atoms with Crippen molar-refractivity contribution in [1.82, 2.24) is 10.2 Å². The van der Waals surface area contributed by atoms with E-state index in [2.05, 4.69) is 5.32 Å². The molecular formula is C25H33N3O7S. The summed E-state index contributed by atoms with van der Waals surface area (Å²) in [5, 5.41) is 2.59. The second-order valence-corrected chi connectivity index (χ2v) is 11.9. The van der Waals surface area contributed by atoms with Crippen LogP contribution in [0.3, 0.4) is 0 Å². The number of benzene rings is 1. The first-order valence-corrected chi connectivity index (χ1v) is 13.4. The van der Waals surface area contributed by atoms with Gasteiger partial charge in [-0.1, -0.05) is 30.3 Å². The van der Waals surface area contributed by atoms with Crippen molar-refractivity contribution in [2.75, 3.05) is 32.1 Å². The number of nitrogens with one attached hydrogen (secondary N) is 1. The maximum Gasteiger partial charge on any atom is 0.243 e. The molecule has 1 aromatic carbocycles. The Hall–Kier alpha value is -3.18. The van der Waals surface area contributed by atoms with Crippen LogP contribution < -0.4 is 11.1 Å². The molecule has 1 saturated heterocycles. The van der Waals surface area contributed by atoms with Gasteiger partial charge in [-0.05, 0) is 38.0 Å². The summed E-state index contributed by atoms with van der Waals surface area (Å²) in [7, 11) is -4.11. The summed E-state index contributed by atoms with van der Waals surface area (Å²) >= 11 is 0. The van der Waals surface area contributed by atoms with Crippen molar-refractivity contribution in [3.05, 3.63) is 60.1 Å². The van der Waals surface area contributed by atoms with Gasteiger partial charge >= 0.3 is 0 Å². The zero-order valence-electron chi connectivity index (χ0n) is 20.5. The van der Waals surface area contributed by atoms with Gasteiger partial charge < -0.3 is 25.1 Å². The summed E-state index contributed by atoms with van der Waals surface area (Å²) in [5.41, 5.74) is 6.24. The molecule has 196 valence electrons. The minimum Gasteiger partial charge on any atom is -0.469 e. The van der Waals surface area contributed by atoms with Crippen LogP contribution in [0, 0.1) is 5.92 Å². The van der Waals surface area contributed by atoms with E-state index in [4.69, 9.17) is 14.9 Å². The van der Waals surface area contributed by atoms with Gasteiger partial charge in [0.25, 0.3) is 0 Å². The fourth-order valence-corrected chi connectivity index (χ4v) is 5.63. The van der Waals surface area contributed by atoms with Crippen LogP contribution in [-0.2, 0) is 41.8 Å². The number of carbonyl (C=O) groups excluding carboxylic acids is 3. The van der Waals surface area contributed by atoms with E-state index in [0.29, 0.717) is 32.1 Å². The Morgan fingerprint density at radius 2 is 1.72 bits per heavy atom. The average molecular weight is 520 g/mol. The SMILES string of the molecule is CC(C)(C(=O)N1CCOCC1)S(=O)(=O)C[C@@H](Cc1ccccc1)C(=O)NC(Cc1ccco1)C(N)=O. The number of primary amides is 1. The Bertz CT molecular complexity index is 1140. The van der Waals surface area contributed by atoms with Gasteiger partial charge in [0.15, 0.2) is 9.84 Å². The van der Waals surface area contributed by atoms with E-state index in [9.17, 15) is 22.8 Å². The Morgan fingerprint density at radius 1 is 1.06 bits per heavy atom. The standard InChI is InChI=1S/C25H33N3O7S/c1-25(2,24(31)28-10-13-34-14-11-28)36(32,33)17-19(15-18-7-4-3-5-8-18)23(30)27-21(22(26)29)16-20-9-6-12-35-20/h3-9,12,19,21H,10-11,13-17H2,1-2H3,(H2,26,29)(H,27,30)/t19-,21?/m1/s1. The summed E-state index contributed by atoms with van der Waals surface area (Å²) in [6.45, 7) is 4.01. The summed E-state index contributed by atoms with van der Waals surface area (Å²) in [6, 6.07) is 11.2. The first kappa shape index (κ1) is 27.4. The van der Waals surface area contributed by atoms with E-state index >= 15 is 0 Å². The van der Waals surface area contributed by atoms with Crippen molar-refractivity contribution in [1.29, 1.82) is 0 Å². The molecule has 10 nitrogen and oxygen atoms in total. The van der Waals surface area contributed by atoms with Crippen molar-refractivity contribution in [2.24, 2.45) is 11.7 Å². The molecule has 2 atom stereocenters. The van der Waals surface area contributed by atoms with E-state index < -0.39 is 50.0 Å². The zero-order chi connectivity index (χ0) is 26.3. The smallest absolute Gasteiger partial charge is 0.243 e. The van der Waals surface area contributed by atoms with E-state index in [1.165, 1.54) is 25.0 Å². The quantitative estimate of drug-likeness (QED) is 0.444. The molecule has 1 aromatic heterocycles. The van der Waals surface area contributed by atoms with Crippen LogP contribution in [0.2, 0.25) is 0 Å². The summed E-state index contributed by atoms with van der Waals surface area (Å²) in [6.07, 6.45) is 1.56. The molecule has 1 aliphatic rings. The van der Waals surface area contributed by atoms with Crippen LogP contribution in [0.4, 0.5) is 0 Å². The molecule has 3 rings (SSSR count). The van der Waals surface area contributed by atoms with Gasteiger partial charge in [0.1, 0.15) is 16.5 Å². The number of amides is 3. The van der Waals surface area contributed by atoms with Crippen LogP contribution in [0.1, 0.15) is 25.2 Å². The number of carbonyl (C=O) groups is 3. The molecule has 1 fully saturated rings. The van der Waals surface area contributed by atoms with Crippen molar-refractivity contribution < 1.29 is 32.0 Å². The third-order valence-electron chi connectivity index (χ3n) is 6.35. The van der Waals surface area contributed by atoms with Crippen molar-refractivity contribution in [3.63, 3.8) is 0 Å². The minimum absolute atomic E-state index is 0.0277. The zero-order valence-corrected chi connectivity index (χ0v) is 21.3. The highest BCUT2D eigenvalue weighted by Gasteiger charge is 2.46. The number of hydrogen-bond donors (Lipinski definition) is 2. The highest BCUT2D eigenvalue weighted by Crippen LogP contribution is 2.25. The summed E-state index contributed by atoms with van der Waals surface area (Å²) in [4.78, 5) is 40.0. The maximum absolute atomic E-state index is 13.6. The lowest BCUT2D eigenvalue weighted by molar-refractivity contribution is -0.137. The summed E-state index contributed by atoms with van der Waals surface area (Å²) in [5.74, 6) is -3.15. The molecule has 0 bridgehead atoms. The Kier molecular flexibility index (Phi) is 8.91. The van der Waals surface area contributed by atoms with Crippen LogP contribution >= 0.6 is 0 Å². The Labute approximate surface area is 211 Å². The van der Waals surface area contributed by atoms with Gasteiger partial charge in [-0.15, -0.1) is 0 Å². The molecule has 11 heteroatoms. The highest BCUT2D eigenvalue weighted by atomic mass is 32.2. The van der Waals surface area contributed by atoms with Gasteiger partial charge in [0.05, 0.1) is 31.1 Å². The number of morpholine rings is 1.